The number of nitriles is 1. The number of nitrogens with zero attached hydrogens (tertiary/aromatic N) is 3. The second-order valence-corrected chi connectivity index (χ2v) is 9.06. The van der Waals surface area contributed by atoms with E-state index in [2.05, 4.69) is 21.4 Å². The molecule has 1 unspecified atom stereocenters. The van der Waals surface area contributed by atoms with E-state index in [0.29, 0.717) is 22.8 Å². The third-order valence-corrected chi connectivity index (χ3v) is 6.95. The van der Waals surface area contributed by atoms with Crippen molar-refractivity contribution in [2.45, 2.75) is 44.4 Å². The normalized spacial score (nSPS) is 11.7. The summed E-state index contributed by atoms with van der Waals surface area (Å²) in [6.07, 6.45) is 0.644. The van der Waals surface area contributed by atoms with Gasteiger partial charge in [-0.1, -0.05) is 49.0 Å². The summed E-state index contributed by atoms with van der Waals surface area (Å²) in [5.41, 5.74) is 3.32. The van der Waals surface area contributed by atoms with Crippen LogP contribution in [-0.4, -0.2) is 21.1 Å². The Morgan fingerprint density at radius 3 is 2.62 bits per heavy atom. The number of rotatable bonds is 6. The van der Waals surface area contributed by atoms with Crippen LogP contribution in [0.4, 0.5) is 5.00 Å². The van der Waals surface area contributed by atoms with Crippen LogP contribution in [0.3, 0.4) is 0 Å². The first kappa shape index (κ1) is 21.0. The van der Waals surface area contributed by atoms with Crippen molar-refractivity contribution in [3.05, 3.63) is 58.2 Å². The summed E-state index contributed by atoms with van der Waals surface area (Å²) in [6.45, 7) is 7.69. The van der Waals surface area contributed by atoms with E-state index in [-0.39, 0.29) is 11.2 Å². The minimum Gasteiger partial charge on any atom is -0.316 e. The highest BCUT2D eigenvalue weighted by Crippen LogP contribution is 2.33. The largest absolute Gasteiger partial charge is 0.316 e. The molecule has 0 aliphatic rings. The summed E-state index contributed by atoms with van der Waals surface area (Å²) < 4.78 is 0. The zero-order chi connectivity index (χ0) is 21.0. The molecule has 0 aliphatic heterocycles. The lowest BCUT2D eigenvalue weighted by atomic mass is 10.1. The molecule has 1 aromatic carbocycles. The standard InChI is InChI=1S/C22H22N4OS2/c1-5-19(21(27)26-22-17(12-23)13(2)14(3)28-22)29-20-11-18(24-15(4)25-20)16-9-7-6-8-10-16/h6-11,19H,5H2,1-4H3,(H,26,27). The first-order valence-electron chi connectivity index (χ1n) is 9.31. The number of thioether (sulfide) groups is 1. The Bertz CT molecular complexity index is 1070. The van der Waals surface area contributed by atoms with Crippen LogP contribution in [0.5, 0.6) is 0 Å². The fourth-order valence-electron chi connectivity index (χ4n) is 2.87. The second-order valence-electron chi connectivity index (χ2n) is 6.61. The first-order valence-corrected chi connectivity index (χ1v) is 11.0. The Labute approximate surface area is 179 Å². The van der Waals surface area contributed by atoms with E-state index in [0.717, 1.165) is 26.7 Å². The van der Waals surface area contributed by atoms with Crippen LogP contribution in [0.1, 0.15) is 35.2 Å². The van der Waals surface area contributed by atoms with Gasteiger partial charge in [0.15, 0.2) is 0 Å². The van der Waals surface area contributed by atoms with Crippen LogP contribution >= 0.6 is 23.1 Å². The number of amides is 1. The van der Waals surface area contributed by atoms with E-state index in [1.807, 2.05) is 64.1 Å². The Morgan fingerprint density at radius 2 is 1.97 bits per heavy atom. The van der Waals surface area contributed by atoms with E-state index in [1.165, 1.54) is 23.1 Å². The molecular formula is C22H22N4OS2. The molecule has 1 atom stereocenters. The van der Waals surface area contributed by atoms with E-state index in [1.54, 1.807) is 0 Å². The van der Waals surface area contributed by atoms with Gasteiger partial charge in [-0.3, -0.25) is 4.79 Å². The fraction of sp³-hybridized carbons (Fsp3) is 0.273. The molecule has 3 rings (SSSR count). The van der Waals surface area contributed by atoms with Crippen molar-refractivity contribution < 1.29 is 4.79 Å². The van der Waals surface area contributed by atoms with Crippen molar-refractivity contribution >= 4 is 34.0 Å². The lowest BCUT2D eigenvalue weighted by Crippen LogP contribution is -2.24. The van der Waals surface area contributed by atoms with Crippen LogP contribution in [0, 0.1) is 32.1 Å². The molecule has 3 aromatic rings. The molecule has 29 heavy (non-hydrogen) atoms. The summed E-state index contributed by atoms with van der Waals surface area (Å²) in [6, 6.07) is 14.0. The van der Waals surface area contributed by atoms with Gasteiger partial charge in [0.25, 0.3) is 0 Å². The van der Waals surface area contributed by atoms with Crippen LogP contribution < -0.4 is 5.32 Å². The van der Waals surface area contributed by atoms with Crippen LogP contribution in [0.2, 0.25) is 0 Å². The van der Waals surface area contributed by atoms with Gasteiger partial charge in [-0.2, -0.15) is 5.26 Å². The predicted molar refractivity (Wildman–Crippen MR) is 119 cm³/mol. The van der Waals surface area contributed by atoms with Gasteiger partial charge in [0.2, 0.25) is 5.91 Å². The van der Waals surface area contributed by atoms with Gasteiger partial charge < -0.3 is 5.32 Å². The number of benzene rings is 1. The highest BCUT2D eigenvalue weighted by Gasteiger charge is 2.22. The topological polar surface area (TPSA) is 78.7 Å². The molecular weight excluding hydrogens is 400 g/mol. The van der Waals surface area contributed by atoms with Gasteiger partial charge in [-0.15, -0.1) is 11.3 Å². The quantitative estimate of drug-likeness (QED) is 0.418. The van der Waals surface area contributed by atoms with Gasteiger partial charge in [-0.05, 0) is 38.8 Å². The van der Waals surface area contributed by atoms with Gasteiger partial charge in [-0.25, -0.2) is 9.97 Å². The highest BCUT2D eigenvalue weighted by atomic mass is 32.2. The first-order chi connectivity index (χ1) is 13.9. The fourth-order valence-corrected chi connectivity index (χ4v) is 4.87. The molecule has 0 spiro atoms. The van der Waals surface area contributed by atoms with E-state index < -0.39 is 0 Å². The summed E-state index contributed by atoms with van der Waals surface area (Å²) in [4.78, 5) is 23.0. The number of aryl methyl sites for hydroxylation is 2. The smallest absolute Gasteiger partial charge is 0.238 e. The van der Waals surface area contributed by atoms with Crippen molar-refractivity contribution in [3.8, 4) is 17.3 Å². The Morgan fingerprint density at radius 1 is 1.24 bits per heavy atom. The molecule has 0 fully saturated rings. The molecule has 0 saturated carbocycles. The molecule has 148 valence electrons. The number of carbonyl (C=O) groups excluding carboxylic acids is 1. The van der Waals surface area contributed by atoms with Crippen molar-refractivity contribution in [2.24, 2.45) is 0 Å². The monoisotopic (exact) mass is 422 g/mol. The number of anilines is 1. The molecule has 0 radical (unpaired) electrons. The average molecular weight is 423 g/mol. The minimum absolute atomic E-state index is 0.118. The highest BCUT2D eigenvalue weighted by molar-refractivity contribution is 8.00. The van der Waals surface area contributed by atoms with Crippen molar-refractivity contribution in [1.82, 2.24) is 9.97 Å². The van der Waals surface area contributed by atoms with Gasteiger partial charge in [0.05, 0.1) is 16.5 Å². The number of aromatic nitrogens is 2. The molecule has 7 heteroatoms. The van der Waals surface area contributed by atoms with E-state index in [4.69, 9.17) is 0 Å². The second kappa shape index (κ2) is 9.21. The number of thiophene rings is 1. The molecule has 5 nitrogen and oxygen atoms in total. The maximum atomic E-state index is 12.9. The number of carbonyl (C=O) groups is 1. The summed E-state index contributed by atoms with van der Waals surface area (Å²) in [7, 11) is 0. The third-order valence-electron chi connectivity index (χ3n) is 4.54. The maximum absolute atomic E-state index is 12.9. The molecule has 0 saturated heterocycles. The van der Waals surface area contributed by atoms with Crippen LogP contribution in [0.15, 0.2) is 41.4 Å². The zero-order valence-corrected chi connectivity index (χ0v) is 18.4. The molecule has 1 amide bonds. The van der Waals surface area contributed by atoms with Crippen LogP contribution in [-0.2, 0) is 4.79 Å². The Balaban J connectivity index is 1.81. The summed E-state index contributed by atoms with van der Waals surface area (Å²) in [5.74, 6) is 0.549. The molecule has 0 aliphatic carbocycles. The van der Waals surface area contributed by atoms with Crippen LogP contribution in [0.25, 0.3) is 11.3 Å². The predicted octanol–water partition coefficient (Wildman–Crippen LogP) is 5.51. The third kappa shape index (κ3) is 4.84. The lowest BCUT2D eigenvalue weighted by Gasteiger charge is -2.14. The van der Waals surface area contributed by atoms with Crippen molar-refractivity contribution in [1.29, 1.82) is 5.26 Å². The van der Waals surface area contributed by atoms with Crippen molar-refractivity contribution in [3.63, 3.8) is 0 Å². The number of hydrogen-bond donors (Lipinski definition) is 1. The maximum Gasteiger partial charge on any atom is 0.238 e. The zero-order valence-electron chi connectivity index (χ0n) is 16.8. The lowest BCUT2D eigenvalue weighted by molar-refractivity contribution is -0.115. The SMILES string of the molecule is CCC(Sc1cc(-c2ccccc2)nc(C)n1)C(=O)Nc1sc(C)c(C)c1C#N. The molecule has 1 N–H and O–H groups in total. The van der Waals surface area contributed by atoms with Gasteiger partial charge in [0.1, 0.15) is 21.9 Å². The summed E-state index contributed by atoms with van der Waals surface area (Å²) >= 11 is 2.86. The molecule has 2 aromatic heterocycles. The van der Waals surface area contributed by atoms with E-state index in [9.17, 15) is 10.1 Å². The summed E-state index contributed by atoms with van der Waals surface area (Å²) in [5, 5.41) is 13.4. The number of nitrogens with one attached hydrogen (secondary N) is 1. The van der Waals surface area contributed by atoms with Gasteiger partial charge >= 0.3 is 0 Å². The minimum atomic E-state index is -0.317. The van der Waals surface area contributed by atoms with Crippen molar-refractivity contribution in [2.75, 3.05) is 5.32 Å². The Hall–Kier alpha value is -2.69. The average Bonchev–Trinajstić information content (AvgIpc) is 2.98. The Kier molecular flexibility index (Phi) is 6.68. The molecule has 0 bridgehead atoms. The molecule has 2 heterocycles. The van der Waals surface area contributed by atoms with E-state index >= 15 is 0 Å². The number of hydrogen-bond acceptors (Lipinski definition) is 6. The van der Waals surface area contributed by atoms with Gasteiger partial charge in [0, 0.05) is 10.4 Å².